The highest BCUT2D eigenvalue weighted by atomic mass is 32.2. The van der Waals surface area contributed by atoms with Gasteiger partial charge in [0.15, 0.2) is 0 Å². The summed E-state index contributed by atoms with van der Waals surface area (Å²) < 4.78 is 0. The van der Waals surface area contributed by atoms with Crippen LogP contribution in [0, 0.1) is 0 Å². The van der Waals surface area contributed by atoms with Crippen LogP contribution in [-0.2, 0) is 0 Å². The summed E-state index contributed by atoms with van der Waals surface area (Å²) in [5.74, 6) is 1.11. The van der Waals surface area contributed by atoms with Crippen LogP contribution < -0.4 is 5.32 Å². The summed E-state index contributed by atoms with van der Waals surface area (Å²) in [6.07, 6.45) is 0. The molecule has 1 aromatic heterocycles. The Morgan fingerprint density at radius 3 is 2.71 bits per heavy atom. The first kappa shape index (κ1) is 12.7. The zero-order valence-electron chi connectivity index (χ0n) is 9.93. The van der Waals surface area contributed by atoms with Gasteiger partial charge in [0.2, 0.25) is 0 Å². The fraction of sp³-hybridized carbons (Fsp3) is 0.286. The molecule has 90 valence electrons. The zero-order chi connectivity index (χ0) is 11.9. The van der Waals surface area contributed by atoms with Gasteiger partial charge in [0.05, 0.1) is 0 Å². The van der Waals surface area contributed by atoms with Crippen LogP contribution in [0.25, 0.3) is 0 Å². The van der Waals surface area contributed by atoms with Crippen molar-refractivity contribution in [2.75, 3.05) is 12.3 Å². The van der Waals surface area contributed by atoms with Crippen molar-refractivity contribution in [1.82, 2.24) is 5.32 Å². The predicted molar refractivity (Wildman–Crippen MR) is 77.9 cm³/mol. The van der Waals surface area contributed by atoms with Crippen LogP contribution >= 0.6 is 23.1 Å². The van der Waals surface area contributed by atoms with E-state index in [1.54, 1.807) is 0 Å². The van der Waals surface area contributed by atoms with Gasteiger partial charge in [-0.15, -0.1) is 23.1 Å². The fourth-order valence-corrected chi connectivity index (χ4v) is 3.16. The third kappa shape index (κ3) is 4.19. The van der Waals surface area contributed by atoms with Gasteiger partial charge in [-0.1, -0.05) is 24.3 Å². The maximum Gasteiger partial charge on any atom is 0.0386 e. The maximum atomic E-state index is 3.54. The Kier molecular flexibility index (Phi) is 5.10. The average Bonchev–Trinajstić information content (AvgIpc) is 2.89. The summed E-state index contributed by atoms with van der Waals surface area (Å²) >= 11 is 3.72. The number of benzene rings is 1. The predicted octanol–water partition coefficient (Wildman–Crippen LogP) is 4.19. The van der Waals surface area contributed by atoms with Crippen LogP contribution in [0.5, 0.6) is 0 Å². The van der Waals surface area contributed by atoms with Crippen LogP contribution in [0.1, 0.15) is 17.8 Å². The molecule has 0 radical (unpaired) electrons. The molecule has 0 fully saturated rings. The van der Waals surface area contributed by atoms with E-state index in [0.717, 1.165) is 12.3 Å². The van der Waals surface area contributed by atoms with Crippen molar-refractivity contribution in [2.24, 2.45) is 0 Å². The summed E-state index contributed by atoms with van der Waals surface area (Å²) in [4.78, 5) is 2.76. The summed E-state index contributed by atoms with van der Waals surface area (Å²) in [6, 6.07) is 15.3. The second-order valence-electron chi connectivity index (χ2n) is 3.85. The molecule has 1 N–H and O–H groups in total. The highest BCUT2D eigenvalue weighted by Crippen LogP contribution is 2.19. The molecule has 17 heavy (non-hydrogen) atoms. The van der Waals surface area contributed by atoms with Crippen molar-refractivity contribution in [2.45, 2.75) is 17.9 Å². The molecular weight excluding hydrogens is 246 g/mol. The topological polar surface area (TPSA) is 12.0 Å². The van der Waals surface area contributed by atoms with E-state index >= 15 is 0 Å². The molecule has 3 heteroatoms. The summed E-state index contributed by atoms with van der Waals surface area (Å²) in [6.45, 7) is 3.26. The number of rotatable bonds is 6. The Labute approximate surface area is 111 Å². The van der Waals surface area contributed by atoms with Crippen molar-refractivity contribution in [3.63, 3.8) is 0 Å². The molecule has 0 saturated heterocycles. The summed E-state index contributed by atoms with van der Waals surface area (Å²) in [5.41, 5.74) is 0. The molecule has 0 aliphatic carbocycles. The second-order valence-corrected chi connectivity index (χ2v) is 6.00. The van der Waals surface area contributed by atoms with Gasteiger partial charge in [0.25, 0.3) is 0 Å². The molecule has 0 saturated carbocycles. The third-order valence-electron chi connectivity index (χ3n) is 2.53. The standard InChI is InChI=1S/C14H17NS2/c1-12(14-8-5-10-17-14)15-9-11-16-13-6-3-2-4-7-13/h2-8,10,12,15H,9,11H2,1H3/t12-/m0/s1. The van der Waals surface area contributed by atoms with E-state index in [4.69, 9.17) is 0 Å². The van der Waals surface area contributed by atoms with Gasteiger partial charge in [-0.3, -0.25) is 0 Å². The summed E-state index contributed by atoms with van der Waals surface area (Å²) in [7, 11) is 0. The van der Waals surface area contributed by atoms with E-state index in [2.05, 4.69) is 60.1 Å². The molecule has 1 heterocycles. The Bertz CT molecular complexity index is 411. The zero-order valence-corrected chi connectivity index (χ0v) is 11.6. The average molecular weight is 263 g/mol. The Balaban J connectivity index is 1.67. The van der Waals surface area contributed by atoms with E-state index in [1.165, 1.54) is 9.77 Å². The van der Waals surface area contributed by atoms with E-state index in [1.807, 2.05) is 23.1 Å². The van der Waals surface area contributed by atoms with Gasteiger partial charge in [0, 0.05) is 28.1 Å². The second kappa shape index (κ2) is 6.84. The first-order valence-electron chi connectivity index (χ1n) is 5.81. The van der Waals surface area contributed by atoms with Crippen LogP contribution in [0.3, 0.4) is 0 Å². The third-order valence-corrected chi connectivity index (χ3v) is 4.60. The van der Waals surface area contributed by atoms with Crippen LogP contribution in [0.15, 0.2) is 52.7 Å². The molecule has 1 nitrogen and oxygen atoms in total. The number of nitrogens with one attached hydrogen (secondary N) is 1. The van der Waals surface area contributed by atoms with Gasteiger partial charge in [0.1, 0.15) is 0 Å². The molecule has 1 atom stereocenters. The molecule has 0 spiro atoms. The van der Waals surface area contributed by atoms with Gasteiger partial charge < -0.3 is 5.32 Å². The highest BCUT2D eigenvalue weighted by molar-refractivity contribution is 7.99. The first-order chi connectivity index (χ1) is 8.36. The van der Waals surface area contributed by atoms with Gasteiger partial charge in [-0.05, 0) is 30.5 Å². The largest absolute Gasteiger partial charge is 0.309 e. The minimum Gasteiger partial charge on any atom is -0.309 e. The van der Waals surface area contributed by atoms with Crippen molar-refractivity contribution in [3.8, 4) is 0 Å². The van der Waals surface area contributed by atoms with Crippen LogP contribution in [0.4, 0.5) is 0 Å². The lowest BCUT2D eigenvalue weighted by atomic mass is 10.3. The molecule has 0 amide bonds. The maximum absolute atomic E-state index is 3.54. The minimum absolute atomic E-state index is 0.464. The normalized spacial score (nSPS) is 12.5. The van der Waals surface area contributed by atoms with E-state index in [-0.39, 0.29) is 0 Å². The molecule has 0 bridgehead atoms. The van der Waals surface area contributed by atoms with E-state index < -0.39 is 0 Å². The summed E-state index contributed by atoms with van der Waals surface area (Å²) in [5, 5.41) is 5.68. The minimum atomic E-state index is 0.464. The quantitative estimate of drug-likeness (QED) is 0.619. The number of hydrogen-bond acceptors (Lipinski definition) is 3. The molecule has 0 unspecified atom stereocenters. The van der Waals surface area contributed by atoms with E-state index in [0.29, 0.717) is 6.04 Å². The monoisotopic (exact) mass is 263 g/mol. The van der Waals surface area contributed by atoms with Gasteiger partial charge in [-0.25, -0.2) is 0 Å². The lowest BCUT2D eigenvalue weighted by Crippen LogP contribution is -2.20. The van der Waals surface area contributed by atoms with E-state index in [9.17, 15) is 0 Å². The lowest BCUT2D eigenvalue weighted by Gasteiger charge is -2.11. The fourth-order valence-electron chi connectivity index (χ4n) is 1.60. The van der Waals surface area contributed by atoms with Crippen LogP contribution in [0.2, 0.25) is 0 Å². The van der Waals surface area contributed by atoms with Gasteiger partial charge in [-0.2, -0.15) is 0 Å². The molecule has 2 aromatic rings. The number of hydrogen-bond donors (Lipinski definition) is 1. The smallest absolute Gasteiger partial charge is 0.0386 e. The highest BCUT2D eigenvalue weighted by Gasteiger charge is 2.04. The SMILES string of the molecule is C[C@H](NCCSc1ccccc1)c1cccs1. The number of thioether (sulfide) groups is 1. The van der Waals surface area contributed by atoms with Crippen molar-refractivity contribution in [3.05, 3.63) is 52.7 Å². The van der Waals surface area contributed by atoms with Crippen molar-refractivity contribution < 1.29 is 0 Å². The molecule has 0 aliphatic rings. The van der Waals surface area contributed by atoms with Crippen molar-refractivity contribution >= 4 is 23.1 Å². The van der Waals surface area contributed by atoms with Gasteiger partial charge >= 0.3 is 0 Å². The molecule has 1 aromatic carbocycles. The van der Waals surface area contributed by atoms with Crippen LogP contribution in [-0.4, -0.2) is 12.3 Å². The van der Waals surface area contributed by atoms with Crippen molar-refractivity contribution in [1.29, 1.82) is 0 Å². The molecule has 2 rings (SSSR count). The molecule has 0 aliphatic heterocycles. The Morgan fingerprint density at radius 1 is 1.18 bits per heavy atom. The number of thiophene rings is 1. The lowest BCUT2D eigenvalue weighted by molar-refractivity contribution is 0.610. The Morgan fingerprint density at radius 2 is 2.00 bits per heavy atom. The first-order valence-corrected chi connectivity index (χ1v) is 7.67. The Hall–Kier alpha value is -0.770. The molecular formula is C14H17NS2.